The fourth-order valence-corrected chi connectivity index (χ4v) is 4.47. The summed E-state index contributed by atoms with van der Waals surface area (Å²) in [6.07, 6.45) is 1.43. The second-order valence-corrected chi connectivity index (χ2v) is 10.8. The average molecular weight is 681 g/mol. The number of carboxylic acid groups (broad SMARTS) is 2. The molecule has 20 nitrogen and oxygen atoms in total. The van der Waals surface area contributed by atoms with E-state index in [1.807, 2.05) is 0 Å². The van der Waals surface area contributed by atoms with Crippen LogP contribution in [-0.4, -0.2) is 89.6 Å². The summed E-state index contributed by atoms with van der Waals surface area (Å²) in [5, 5.41) is 42.9. The Balaban J connectivity index is 1.46. The minimum absolute atomic E-state index is 0.0791. The smallest absolute Gasteiger partial charge is 0.326 e. The van der Waals surface area contributed by atoms with E-state index in [2.05, 4.69) is 51.2 Å². The maximum absolute atomic E-state index is 12.8. The van der Waals surface area contributed by atoms with Crippen molar-refractivity contribution in [1.82, 2.24) is 35.9 Å². The number of azide groups is 1. The topological polar surface area (TPSA) is 321 Å². The van der Waals surface area contributed by atoms with E-state index in [1.54, 1.807) is 19.1 Å². The molecule has 2 aromatic heterocycles. The first-order chi connectivity index (χ1) is 23.4. The standard InChI is InChI=1S/C29H36N12O8/c1-15(3-2-12-34-41-31)35-21(42)10-8-19(27(46)47)37-22(43)11-9-20(28(48)49)38-25(44)16-4-6-17(7-5-16)32-13-18-14-33-24-23(36-18)26(45)40-29(30)39-24/h4-7,14-15,19-20,32H,2-3,8-13H2,1H3,(H,35,42)(H,37,43)(H,38,44)(H,46,47)(H,48,49)(H3,30,33,39,40,45)/t15-,19+,20+/m1/s1. The predicted octanol–water partition coefficient (Wildman–Crippen LogP) is 1.23. The Hall–Kier alpha value is -6.30. The number of aromatic hydroxyl groups is 1. The van der Waals surface area contributed by atoms with E-state index in [9.17, 15) is 39.3 Å². The molecule has 0 unspecified atom stereocenters. The number of fused-ring (bicyclic) bond motifs is 1. The van der Waals surface area contributed by atoms with Gasteiger partial charge in [-0.15, -0.1) is 0 Å². The number of nitrogens with one attached hydrogen (secondary N) is 4. The maximum Gasteiger partial charge on any atom is 0.326 e. The number of amides is 3. The van der Waals surface area contributed by atoms with E-state index in [0.717, 1.165) is 0 Å². The Bertz CT molecular complexity index is 1720. The van der Waals surface area contributed by atoms with Crippen molar-refractivity contribution < 1.29 is 39.3 Å². The first-order valence-corrected chi connectivity index (χ1v) is 15.0. The van der Waals surface area contributed by atoms with Gasteiger partial charge in [-0.25, -0.2) is 19.6 Å². The van der Waals surface area contributed by atoms with Crippen LogP contribution in [-0.2, 0) is 25.7 Å². The van der Waals surface area contributed by atoms with Crippen LogP contribution >= 0.6 is 0 Å². The predicted molar refractivity (Wildman–Crippen MR) is 173 cm³/mol. The van der Waals surface area contributed by atoms with Crippen LogP contribution in [0.5, 0.6) is 5.88 Å². The molecule has 0 saturated carbocycles. The number of hydrogen-bond donors (Lipinski definition) is 8. The Morgan fingerprint density at radius 1 is 0.918 bits per heavy atom. The summed E-state index contributed by atoms with van der Waals surface area (Å²) >= 11 is 0. The molecule has 2 heterocycles. The lowest BCUT2D eigenvalue weighted by Gasteiger charge is -2.18. The molecular formula is C29H36N12O8. The van der Waals surface area contributed by atoms with Crippen LogP contribution < -0.4 is 27.0 Å². The Labute approximate surface area is 278 Å². The van der Waals surface area contributed by atoms with E-state index in [1.165, 1.54) is 18.3 Å². The number of rotatable bonds is 19. The zero-order chi connectivity index (χ0) is 35.9. The van der Waals surface area contributed by atoms with Gasteiger partial charge in [0.05, 0.1) is 18.4 Å². The summed E-state index contributed by atoms with van der Waals surface area (Å²) in [7, 11) is 0. The highest BCUT2D eigenvalue weighted by atomic mass is 16.4. The van der Waals surface area contributed by atoms with Gasteiger partial charge in [0, 0.05) is 41.6 Å². The summed E-state index contributed by atoms with van der Waals surface area (Å²) in [4.78, 5) is 79.5. The molecule has 0 saturated heterocycles. The van der Waals surface area contributed by atoms with Crippen LogP contribution in [0.15, 0.2) is 35.6 Å². The van der Waals surface area contributed by atoms with Crippen LogP contribution in [0.4, 0.5) is 11.6 Å². The number of anilines is 2. The second-order valence-electron chi connectivity index (χ2n) is 10.8. The van der Waals surface area contributed by atoms with E-state index < -0.39 is 54.0 Å². The zero-order valence-corrected chi connectivity index (χ0v) is 26.4. The van der Waals surface area contributed by atoms with Crippen LogP contribution in [0.1, 0.15) is 61.5 Å². The van der Waals surface area contributed by atoms with Crippen molar-refractivity contribution in [3.05, 3.63) is 52.2 Å². The molecule has 0 fully saturated rings. The summed E-state index contributed by atoms with van der Waals surface area (Å²) in [6.45, 7) is 2.23. The van der Waals surface area contributed by atoms with Gasteiger partial charge in [0.25, 0.3) is 5.91 Å². The van der Waals surface area contributed by atoms with Crippen LogP contribution in [0, 0.1) is 0 Å². The Kier molecular flexibility index (Phi) is 13.8. The minimum Gasteiger partial charge on any atom is -0.492 e. The zero-order valence-electron chi connectivity index (χ0n) is 26.4. The van der Waals surface area contributed by atoms with Crippen LogP contribution in [0.25, 0.3) is 21.6 Å². The molecule has 20 heteroatoms. The number of carbonyl (C=O) groups is 5. The molecular weight excluding hydrogens is 644 g/mol. The molecule has 0 aliphatic heterocycles. The third-order valence-electron chi connectivity index (χ3n) is 7.00. The van der Waals surface area contributed by atoms with Crippen molar-refractivity contribution >= 4 is 52.5 Å². The number of carbonyl (C=O) groups excluding carboxylic acids is 3. The largest absolute Gasteiger partial charge is 0.492 e. The van der Waals surface area contributed by atoms with Crippen molar-refractivity contribution in [3.63, 3.8) is 0 Å². The summed E-state index contributed by atoms with van der Waals surface area (Å²) in [5.41, 5.74) is 15.2. The van der Waals surface area contributed by atoms with Crippen LogP contribution in [0.3, 0.4) is 0 Å². The molecule has 0 spiro atoms. The Morgan fingerprint density at radius 3 is 2.18 bits per heavy atom. The van der Waals surface area contributed by atoms with Crippen molar-refractivity contribution in [2.24, 2.45) is 5.11 Å². The van der Waals surface area contributed by atoms with Gasteiger partial charge in [-0.1, -0.05) is 5.11 Å². The summed E-state index contributed by atoms with van der Waals surface area (Å²) < 4.78 is 0. The van der Waals surface area contributed by atoms with E-state index in [4.69, 9.17) is 11.3 Å². The molecule has 3 rings (SSSR count). The van der Waals surface area contributed by atoms with Gasteiger partial charge in [0.1, 0.15) is 12.1 Å². The number of nitrogen functional groups attached to an aromatic ring is 1. The van der Waals surface area contributed by atoms with Crippen molar-refractivity contribution in [2.45, 2.75) is 70.1 Å². The molecule has 3 aromatic rings. The number of nitrogens with zero attached hydrogens (tertiary/aromatic N) is 7. The molecule has 1 aromatic carbocycles. The molecule has 49 heavy (non-hydrogen) atoms. The molecule has 0 aliphatic carbocycles. The van der Waals surface area contributed by atoms with Crippen molar-refractivity contribution in [1.29, 1.82) is 0 Å². The number of aliphatic carboxylic acids is 2. The lowest BCUT2D eigenvalue weighted by Crippen LogP contribution is -2.44. The van der Waals surface area contributed by atoms with Gasteiger partial charge < -0.3 is 42.3 Å². The highest BCUT2D eigenvalue weighted by molar-refractivity contribution is 5.97. The SMILES string of the molecule is C[C@H](CCCN=[N+]=[N-])NC(=O)CC[C@H](NC(=O)CC[C@H](NC(=O)c1ccc(NCc2cnc3nc(N)nc(O)c3n2)cc1)C(=O)O)C(=O)O. The van der Waals surface area contributed by atoms with Gasteiger partial charge in [0.15, 0.2) is 11.2 Å². The van der Waals surface area contributed by atoms with Gasteiger partial charge in [-0.2, -0.15) is 9.97 Å². The van der Waals surface area contributed by atoms with E-state index >= 15 is 0 Å². The molecule has 260 valence electrons. The first-order valence-electron chi connectivity index (χ1n) is 15.0. The van der Waals surface area contributed by atoms with Gasteiger partial charge in [-0.3, -0.25) is 14.4 Å². The fraction of sp³-hybridized carbons (Fsp3) is 0.414. The molecule has 0 bridgehead atoms. The fourth-order valence-electron chi connectivity index (χ4n) is 4.47. The maximum atomic E-state index is 12.8. The lowest BCUT2D eigenvalue weighted by atomic mass is 10.1. The third kappa shape index (κ3) is 12.1. The number of aromatic nitrogens is 4. The quantitative estimate of drug-likeness (QED) is 0.0382. The van der Waals surface area contributed by atoms with E-state index in [0.29, 0.717) is 24.2 Å². The second kappa shape index (κ2) is 18.1. The molecule has 3 amide bonds. The normalized spacial score (nSPS) is 12.5. The first kappa shape index (κ1) is 37.2. The number of carboxylic acids is 2. The van der Waals surface area contributed by atoms with Gasteiger partial charge in [0.2, 0.25) is 23.6 Å². The van der Waals surface area contributed by atoms with E-state index in [-0.39, 0.29) is 61.1 Å². The highest BCUT2D eigenvalue weighted by Crippen LogP contribution is 2.19. The molecule has 9 N–H and O–H groups in total. The number of hydrogen-bond acceptors (Lipinski definition) is 13. The van der Waals surface area contributed by atoms with Crippen LogP contribution in [0.2, 0.25) is 0 Å². The molecule has 0 radical (unpaired) electrons. The van der Waals surface area contributed by atoms with Crippen molar-refractivity contribution in [2.75, 3.05) is 17.6 Å². The summed E-state index contributed by atoms with van der Waals surface area (Å²) in [5.74, 6) is -5.20. The monoisotopic (exact) mass is 680 g/mol. The number of benzene rings is 1. The molecule has 3 atom stereocenters. The van der Waals surface area contributed by atoms with Gasteiger partial charge in [-0.05, 0) is 62.4 Å². The average Bonchev–Trinajstić information content (AvgIpc) is 3.05. The number of nitrogens with two attached hydrogens (primary N) is 1. The van der Waals surface area contributed by atoms with Gasteiger partial charge >= 0.3 is 11.9 Å². The van der Waals surface area contributed by atoms with Crippen molar-refractivity contribution in [3.8, 4) is 5.88 Å². The minimum atomic E-state index is -1.45. The Morgan fingerprint density at radius 2 is 1.55 bits per heavy atom. The third-order valence-corrected chi connectivity index (χ3v) is 7.00. The summed E-state index contributed by atoms with van der Waals surface area (Å²) in [6, 6.07) is 2.98. The highest BCUT2D eigenvalue weighted by Gasteiger charge is 2.25. The lowest BCUT2D eigenvalue weighted by molar-refractivity contribution is -0.143. The molecule has 0 aliphatic rings.